The van der Waals surface area contributed by atoms with Gasteiger partial charge in [0.15, 0.2) is 0 Å². The molecule has 1 amide bonds. The lowest BCUT2D eigenvalue weighted by Crippen LogP contribution is -2.51. The highest BCUT2D eigenvalue weighted by molar-refractivity contribution is 8.26. The van der Waals surface area contributed by atoms with Gasteiger partial charge in [-0.15, -0.1) is 0 Å². The topological polar surface area (TPSA) is 73.6 Å². The van der Waals surface area contributed by atoms with E-state index < -0.39 is 17.9 Å². The second kappa shape index (κ2) is 7.25. The summed E-state index contributed by atoms with van der Waals surface area (Å²) in [6.45, 7) is 1.80. The largest absolute Gasteiger partial charge is 0.548 e. The summed E-state index contributed by atoms with van der Waals surface area (Å²) in [6, 6.07) is 11.4. The van der Waals surface area contributed by atoms with Crippen LogP contribution in [0.3, 0.4) is 0 Å². The molecule has 2 heterocycles. The number of hydrogen-bond donors (Lipinski definition) is 0. The van der Waals surface area contributed by atoms with Crippen LogP contribution in [-0.2, 0) is 16.0 Å². The number of thiocarbonyl (C=S) groups is 1. The molecule has 1 aliphatic rings. The minimum atomic E-state index is -1.34. The predicted octanol–water partition coefficient (Wildman–Crippen LogP) is 2.15. The summed E-state index contributed by atoms with van der Waals surface area (Å²) in [5.41, 5.74) is 0.788. The third-order valence-corrected chi connectivity index (χ3v) is 5.04. The van der Waals surface area contributed by atoms with Crippen LogP contribution in [0.15, 0.2) is 51.8 Å². The fraction of sp³-hybridized carbons (Fsp3) is 0.167. The second-order valence-corrected chi connectivity index (χ2v) is 7.20. The van der Waals surface area contributed by atoms with Crippen molar-refractivity contribution in [1.82, 2.24) is 4.90 Å². The molecule has 1 saturated heterocycles. The van der Waals surface area contributed by atoms with Gasteiger partial charge in [0, 0.05) is 6.08 Å². The van der Waals surface area contributed by atoms with E-state index in [9.17, 15) is 14.7 Å². The Labute approximate surface area is 154 Å². The molecule has 128 valence electrons. The Morgan fingerprint density at radius 3 is 2.64 bits per heavy atom. The maximum atomic E-state index is 12.7. The highest BCUT2D eigenvalue weighted by atomic mass is 32.2. The summed E-state index contributed by atoms with van der Waals surface area (Å²) in [5, 5.41) is 11.6. The van der Waals surface area contributed by atoms with E-state index >= 15 is 0 Å². The number of carbonyl (C=O) groups excluding carboxylic acids is 2. The van der Waals surface area contributed by atoms with Crippen LogP contribution in [0.2, 0.25) is 0 Å². The first kappa shape index (κ1) is 17.4. The highest BCUT2D eigenvalue weighted by Gasteiger charge is 2.38. The average Bonchev–Trinajstić information content (AvgIpc) is 3.10. The van der Waals surface area contributed by atoms with E-state index in [-0.39, 0.29) is 10.7 Å². The first-order valence-corrected chi connectivity index (χ1v) is 8.76. The molecule has 7 heteroatoms. The minimum Gasteiger partial charge on any atom is -0.548 e. The van der Waals surface area contributed by atoms with Gasteiger partial charge < -0.3 is 14.3 Å². The van der Waals surface area contributed by atoms with E-state index in [2.05, 4.69) is 0 Å². The zero-order chi connectivity index (χ0) is 18.0. The fourth-order valence-electron chi connectivity index (χ4n) is 2.53. The van der Waals surface area contributed by atoms with Crippen LogP contribution in [0.25, 0.3) is 6.08 Å². The molecule has 3 rings (SSSR count). The maximum Gasteiger partial charge on any atom is 0.266 e. The second-order valence-electron chi connectivity index (χ2n) is 5.52. The number of furan rings is 1. The monoisotopic (exact) mass is 372 g/mol. The van der Waals surface area contributed by atoms with Gasteiger partial charge in [0.25, 0.3) is 5.91 Å². The number of rotatable bonds is 5. The standard InChI is InChI=1S/C18H15NO4S2/c1-11-7-8-13(23-11)10-15-16(20)19(18(24)25-15)14(17(21)22)9-12-5-3-2-4-6-12/h2-8,10,14H,9H2,1H3,(H,21,22)/p-1/b15-10+/t14-/m1/s1. The van der Waals surface area contributed by atoms with Crippen molar-refractivity contribution in [3.8, 4) is 0 Å². The maximum absolute atomic E-state index is 12.7. The number of aliphatic carboxylic acids is 1. The van der Waals surface area contributed by atoms with Crippen molar-refractivity contribution < 1.29 is 19.1 Å². The Balaban J connectivity index is 1.86. The molecule has 5 nitrogen and oxygen atoms in total. The minimum absolute atomic E-state index is 0.128. The zero-order valence-corrected chi connectivity index (χ0v) is 14.9. The molecular formula is C18H14NO4S2-. The molecule has 2 aromatic rings. The molecule has 1 aliphatic heterocycles. The Bertz CT molecular complexity index is 857. The van der Waals surface area contributed by atoms with Gasteiger partial charge in [-0.2, -0.15) is 0 Å². The van der Waals surface area contributed by atoms with Gasteiger partial charge in [-0.25, -0.2) is 0 Å². The Kier molecular flexibility index (Phi) is 5.06. The average molecular weight is 372 g/mol. The van der Waals surface area contributed by atoms with Gasteiger partial charge in [0.2, 0.25) is 0 Å². The van der Waals surface area contributed by atoms with Crippen molar-refractivity contribution in [2.75, 3.05) is 0 Å². The van der Waals surface area contributed by atoms with Gasteiger partial charge in [0.05, 0.1) is 16.9 Å². The number of hydrogen-bond acceptors (Lipinski definition) is 6. The molecule has 0 N–H and O–H groups in total. The van der Waals surface area contributed by atoms with Crippen molar-refractivity contribution in [2.24, 2.45) is 0 Å². The molecule has 0 unspecified atom stereocenters. The number of nitrogens with zero attached hydrogens (tertiary/aromatic N) is 1. The quantitative estimate of drug-likeness (QED) is 0.591. The van der Waals surface area contributed by atoms with Crippen LogP contribution >= 0.6 is 24.0 Å². The molecule has 1 aromatic carbocycles. The number of thioether (sulfide) groups is 1. The zero-order valence-electron chi connectivity index (χ0n) is 13.3. The van der Waals surface area contributed by atoms with E-state index in [1.54, 1.807) is 37.3 Å². The first-order valence-electron chi connectivity index (χ1n) is 7.54. The predicted molar refractivity (Wildman–Crippen MR) is 97.4 cm³/mol. The summed E-state index contributed by atoms with van der Waals surface area (Å²) < 4.78 is 5.63. The number of carboxylic acid groups (broad SMARTS) is 1. The van der Waals surface area contributed by atoms with Crippen molar-refractivity contribution >= 4 is 46.3 Å². The molecule has 0 radical (unpaired) electrons. The van der Waals surface area contributed by atoms with Gasteiger partial charge in [-0.3, -0.25) is 9.69 Å². The summed E-state index contributed by atoms with van der Waals surface area (Å²) in [5.74, 6) is -0.547. The third kappa shape index (κ3) is 3.83. The Morgan fingerprint density at radius 2 is 2.04 bits per heavy atom. The third-order valence-electron chi connectivity index (χ3n) is 3.71. The van der Waals surface area contributed by atoms with Gasteiger partial charge >= 0.3 is 0 Å². The lowest BCUT2D eigenvalue weighted by Gasteiger charge is -2.27. The normalized spacial score (nSPS) is 17.3. The van der Waals surface area contributed by atoms with E-state index in [0.29, 0.717) is 10.7 Å². The van der Waals surface area contributed by atoms with Gasteiger partial charge in [-0.1, -0.05) is 54.3 Å². The molecule has 1 aromatic heterocycles. The number of carboxylic acids is 1. The van der Waals surface area contributed by atoms with Crippen molar-refractivity contribution in [1.29, 1.82) is 0 Å². The summed E-state index contributed by atoms with van der Waals surface area (Å²) in [6.07, 6.45) is 1.70. The van der Waals surface area contributed by atoms with E-state index in [1.807, 2.05) is 18.2 Å². The van der Waals surface area contributed by atoms with E-state index in [1.165, 1.54) is 0 Å². The summed E-state index contributed by atoms with van der Waals surface area (Å²) >= 11 is 6.29. The van der Waals surface area contributed by atoms with Gasteiger partial charge in [0.1, 0.15) is 15.8 Å². The van der Waals surface area contributed by atoms with E-state index in [4.69, 9.17) is 16.6 Å². The molecule has 25 heavy (non-hydrogen) atoms. The SMILES string of the molecule is Cc1ccc(/C=C2/SC(=S)N([C@H](Cc3ccccc3)C(=O)[O-])C2=O)o1. The molecular weight excluding hydrogens is 358 g/mol. The number of amides is 1. The first-order chi connectivity index (χ1) is 12.0. The van der Waals surface area contributed by atoms with Crippen LogP contribution < -0.4 is 5.11 Å². The molecule has 1 fully saturated rings. The van der Waals surface area contributed by atoms with Crippen LogP contribution in [-0.4, -0.2) is 27.1 Å². The molecule has 0 bridgehead atoms. The molecule has 0 spiro atoms. The fourth-order valence-corrected chi connectivity index (χ4v) is 3.86. The van der Waals surface area contributed by atoms with Crippen LogP contribution in [0.4, 0.5) is 0 Å². The lowest BCUT2D eigenvalue weighted by atomic mass is 10.0. The highest BCUT2D eigenvalue weighted by Crippen LogP contribution is 2.34. The summed E-state index contributed by atoms with van der Waals surface area (Å²) in [7, 11) is 0. The lowest BCUT2D eigenvalue weighted by molar-refractivity contribution is -0.310. The number of carbonyl (C=O) groups is 2. The Hall–Kier alpha value is -2.38. The van der Waals surface area contributed by atoms with Gasteiger partial charge in [-0.05, 0) is 31.0 Å². The van der Waals surface area contributed by atoms with Crippen molar-refractivity contribution in [3.05, 3.63) is 64.5 Å². The molecule has 0 aliphatic carbocycles. The molecule has 0 saturated carbocycles. The number of benzene rings is 1. The van der Waals surface area contributed by atoms with Crippen LogP contribution in [0.5, 0.6) is 0 Å². The van der Waals surface area contributed by atoms with Crippen molar-refractivity contribution in [2.45, 2.75) is 19.4 Å². The van der Waals surface area contributed by atoms with Crippen LogP contribution in [0, 0.1) is 6.92 Å². The summed E-state index contributed by atoms with van der Waals surface area (Å²) in [4.78, 5) is 25.8. The van der Waals surface area contributed by atoms with E-state index in [0.717, 1.165) is 28.0 Å². The molecule has 1 atom stereocenters. The Morgan fingerprint density at radius 1 is 1.32 bits per heavy atom. The smallest absolute Gasteiger partial charge is 0.266 e. The van der Waals surface area contributed by atoms with Crippen LogP contribution in [0.1, 0.15) is 17.1 Å². The number of aryl methyl sites for hydroxylation is 1. The van der Waals surface area contributed by atoms with Crippen molar-refractivity contribution in [3.63, 3.8) is 0 Å².